The number of hydrogen-bond acceptors (Lipinski definition) is 3. The van der Waals surface area contributed by atoms with Gasteiger partial charge in [0.05, 0.1) is 32.2 Å². The number of carbonyl (C=O) groups excluding carboxylic acids is 1. The average molecular weight is 466 g/mol. The maximum atomic E-state index is 12.8. The van der Waals surface area contributed by atoms with Crippen molar-refractivity contribution in [2.24, 2.45) is 0 Å². The predicted octanol–water partition coefficient (Wildman–Crippen LogP) is 7.17. The fraction of sp³-hybridized carbons (Fsp3) is 0.0476. The van der Waals surface area contributed by atoms with Gasteiger partial charge in [0.2, 0.25) is 0 Å². The third-order valence-electron chi connectivity index (χ3n) is 4.30. The molecule has 0 radical (unpaired) electrons. The third kappa shape index (κ3) is 4.60. The number of nitrogens with zero attached hydrogens (tertiary/aromatic N) is 1. The lowest BCUT2D eigenvalue weighted by Gasteiger charge is -2.10. The zero-order valence-electron chi connectivity index (χ0n) is 15.4. The van der Waals surface area contributed by atoms with Gasteiger partial charge in [0.15, 0.2) is 0 Å². The molecule has 5 nitrogen and oxygen atoms in total. The molecule has 1 amide bonds. The first-order chi connectivity index (χ1) is 14.7. The molecule has 0 fully saturated rings. The van der Waals surface area contributed by atoms with Crippen LogP contribution in [0.1, 0.15) is 5.56 Å². The zero-order valence-corrected chi connectivity index (χ0v) is 16.9. The highest BCUT2D eigenvalue weighted by Gasteiger charge is 2.30. The number of alkyl halides is 3. The van der Waals surface area contributed by atoms with Crippen LogP contribution in [0.2, 0.25) is 10.0 Å². The fourth-order valence-corrected chi connectivity index (χ4v) is 3.49. The highest BCUT2D eigenvalue weighted by atomic mass is 35.5. The van der Waals surface area contributed by atoms with Crippen LogP contribution in [-0.4, -0.2) is 16.1 Å². The first-order valence-corrected chi connectivity index (χ1v) is 9.56. The second-order valence-electron chi connectivity index (χ2n) is 6.45. The summed E-state index contributed by atoms with van der Waals surface area (Å²) in [5, 5.41) is 3.11. The molecule has 10 heteroatoms. The standard InChI is InChI=1S/C21H12Cl2F3N3O2/c22-14-5-2-6-15(23)18(14)19-28-16-8-7-13(10-17(16)29-19)31-20(30)27-12-4-1-3-11(9-12)21(24,25)26/h1-10H,(H,27,30)(H,28,29). The number of ether oxygens (including phenoxy) is 1. The summed E-state index contributed by atoms with van der Waals surface area (Å²) in [4.78, 5) is 19.6. The lowest BCUT2D eigenvalue weighted by molar-refractivity contribution is -0.137. The highest BCUT2D eigenvalue weighted by molar-refractivity contribution is 6.39. The lowest BCUT2D eigenvalue weighted by Crippen LogP contribution is -2.17. The number of aromatic amines is 1. The van der Waals surface area contributed by atoms with Gasteiger partial charge in [-0.1, -0.05) is 35.3 Å². The summed E-state index contributed by atoms with van der Waals surface area (Å²) < 4.78 is 43.6. The lowest BCUT2D eigenvalue weighted by atomic mass is 10.2. The van der Waals surface area contributed by atoms with Gasteiger partial charge in [-0.05, 0) is 42.5 Å². The van der Waals surface area contributed by atoms with Crippen molar-refractivity contribution >= 4 is 46.0 Å². The summed E-state index contributed by atoms with van der Waals surface area (Å²) >= 11 is 12.4. The molecule has 0 saturated carbocycles. The van der Waals surface area contributed by atoms with Crippen molar-refractivity contribution in [3.63, 3.8) is 0 Å². The van der Waals surface area contributed by atoms with Gasteiger partial charge in [0.25, 0.3) is 0 Å². The van der Waals surface area contributed by atoms with Crippen LogP contribution in [0.4, 0.5) is 23.7 Å². The number of carbonyl (C=O) groups is 1. The van der Waals surface area contributed by atoms with Crippen LogP contribution in [0.5, 0.6) is 5.75 Å². The van der Waals surface area contributed by atoms with Crippen LogP contribution in [0.15, 0.2) is 60.7 Å². The van der Waals surface area contributed by atoms with Crippen molar-refractivity contribution in [3.05, 3.63) is 76.3 Å². The average Bonchev–Trinajstić information content (AvgIpc) is 3.10. The largest absolute Gasteiger partial charge is 0.417 e. The second-order valence-corrected chi connectivity index (χ2v) is 7.27. The highest BCUT2D eigenvalue weighted by Crippen LogP contribution is 2.34. The van der Waals surface area contributed by atoms with E-state index in [-0.39, 0.29) is 11.4 Å². The van der Waals surface area contributed by atoms with E-state index < -0.39 is 17.8 Å². The molecule has 0 saturated heterocycles. The van der Waals surface area contributed by atoms with Crippen LogP contribution in [-0.2, 0) is 6.18 Å². The Bertz CT molecular complexity index is 1270. The van der Waals surface area contributed by atoms with Crippen molar-refractivity contribution in [1.29, 1.82) is 0 Å². The van der Waals surface area contributed by atoms with Crippen molar-refractivity contribution in [1.82, 2.24) is 9.97 Å². The van der Waals surface area contributed by atoms with E-state index in [4.69, 9.17) is 27.9 Å². The van der Waals surface area contributed by atoms with E-state index in [0.717, 1.165) is 12.1 Å². The Hall–Kier alpha value is -3.23. The van der Waals surface area contributed by atoms with E-state index >= 15 is 0 Å². The van der Waals surface area contributed by atoms with E-state index in [1.54, 1.807) is 24.3 Å². The number of rotatable bonds is 3. The van der Waals surface area contributed by atoms with Crippen LogP contribution in [0.3, 0.4) is 0 Å². The SMILES string of the molecule is O=C(Nc1cccc(C(F)(F)F)c1)Oc1ccc2nc(-c3c(Cl)cccc3Cl)[nH]c2c1. The maximum Gasteiger partial charge on any atom is 0.417 e. The molecule has 2 N–H and O–H groups in total. The molecule has 0 spiro atoms. The number of halogens is 5. The molecular formula is C21H12Cl2F3N3O2. The van der Waals surface area contributed by atoms with Crippen LogP contribution < -0.4 is 10.1 Å². The van der Waals surface area contributed by atoms with Gasteiger partial charge in [-0.15, -0.1) is 0 Å². The summed E-state index contributed by atoms with van der Waals surface area (Å²) in [6.45, 7) is 0. The van der Waals surface area contributed by atoms with E-state index in [1.807, 2.05) is 0 Å². The van der Waals surface area contributed by atoms with E-state index in [1.165, 1.54) is 24.3 Å². The summed E-state index contributed by atoms with van der Waals surface area (Å²) in [7, 11) is 0. The van der Waals surface area contributed by atoms with Gasteiger partial charge >= 0.3 is 12.3 Å². The first-order valence-electron chi connectivity index (χ1n) is 8.81. The summed E-state index contributed by atoms with van der Waals surface area (Å²) in [5.74, 6) is 0.605. The van der Waals surface area contributed by atoms with E-state index in [2.05, 4.69) is 15.3 Å². The first kappa shape index (κ1) is 21.0. The van der Waals surface area contributed by atoms with Gasteiger partial charge in [-0.25, -0.2) is 9.78 Å². The number of aromatic nitrogens is 2. The topological polar surface area (TPSA) is 67.0 Å². The minimum absolute atomic E-state index is 0.0434. The fourth-order valence-electron chi connectivity index (χ4n) is 2.92. The molecule has 0 aliphatic rings. The molecule has 1 heterocycles. The van der Waals surface area contributed by atoms with E-state index in [9.17, 15) is 18.0 Å². The number of anilines is 1. The van der Waals surface area contributed by atoms with Gasteiger partial charge < -0.3 is 9.72 Å². The molecule has 4 rings (SSSR count). The minimum atomic E-state index is -4.52. The number of H-pyrrole nitrogens is 1. The number of hydrogen-bond donors (Lipinski definition) is 2. The normalized spacial score (nSPS) is 11.5. The Morgan fingerprint density at radius 2 is 1.71 bits per heavy atom. The Morgan fingerprint density at radius 3 is 2.42 bits per heavy atom. The summed E-state index contributed by atoms with van der Waals surface area (Å²) in [6, 6.07) is 14.0. The van der Waals surface area contributed by atoms with Crippen molar-refractivity contribution in [2.75, 3.05) is 5.32 Å². The summed E-state index contributed by atoms with van der Waals surface area (Å²) in [6.07, 6.45) is -5.46. The van der Waals surface area contributed by atoms with Gasteiger partial charge in [-0.2, -0.15) is 13.2 Å². The molecule has 0 unspecified atom stereocenters. The monoisotopic (exact) mass is 465 g/mol. The van der Waals surface area contributed by atoms with Crippen molar-refractivity contribution in [3.8, 4) is 17.1 Å². The molecule has 0 aliphatic carbocycles. The Balaban J connectivity index is 1.54. The molecule has 4 aromatic rings. The number of benzene rings is 3. The van der Waals surface area contributed by atoms with Crippen molar-refractivity contribution < 1.29 is 22.7 Å². The maximum absolute atomic E-state index is 12.8. The minimum Gasteiger partial charge on any atom is -0.410 e. The molecule has 1 aromatic heterocycles. The second kappa shape index (κ2) is 8.13. The van der Waals surface area contributed by atoms with E-state index in [0.29, 0.717) is 32.5 Å². The molecular weight excluding hydrogens is 454 g/mol. The summed E-state index contributed by atoms with van der Waals surface area (Å²) in [5.41, 5.74) is 0.742. The Labute approximate surface area is 183 Å². The number of nitrogens with one attached hydrogen (secondary N) is 2. The zero-order chi connectivity index (χ0) is 22.2. The Morgan fingerprint density at radius 1 is 1.00 bits per heavy atom. The number of fused-ring (bicyclic) bond motifs is 1. The third-order valence-corrected chi connectivity index (χ3v) is 4.93. The number of amides is 1. The molecule has 0 atom stereocenters. The van der Waals surface area contributed by atoms with Gasteiger partial charge in [0, 0.05) is 11.8 Å². The van der Waals surface area contributed by atoms with Gasteiger partial charge in [-0.3, -0.25) is 5.32 Å². The molecule has 31 heavy (non-hydrogen) atoms. The van der Waals surface area contributed by atoms with Crippen LogP contribution in [0, 0.1) is 0 Å². The Kier molecular flexibility index (Phi) is 5.51. The van der Waals surface area contributed by atoms with Crippen LogP contribution in [0.25, 0.3) is 22.4 Å². The molecule has 158 valence electrons. The molecule has 0 aliphatic heterocycles. The molecule has 0 bridgehead atoms. The molecule has 3 aromatic carbocycles. The van der Waals surface area contributed by atoms with Crippen molar-refractivity contribution in [2.45, 2.75) is 6.18 Å². The van der Waals surface area contributed by atoms with Gasteiger partial charge in [0.1, 0.15) is 11.6 Å². The number of imidazole rings is 1. The van der Waals surface area contributed by atoms with Crippen LogP contribution >= 0.6 is 23.2 Å². The quantitative estimate of drug-likeness (QED) is 0.337. The smallest absolute Gasteiger partial charge is 0.410 e. The predicted molar refractivity (Wildman–Crippen MR) is 113 cm³/mol.